The Labute approximate surface area is 168 Å². The standard InChI is InChI=1S/C21H21NO6S/c1-14-3-9-18-16(12-21(24)28-19(18)11-14)13-27-20(23)10-6-15-4-7-17(8-5-15)29(25,26)22-2/h3-5,7-9,11-12,22H,6,10,13H2,1-2H3. The molecule has 0 aliphatic heterocycles. The molecule has 0 spiro atoms. The van der Waals surface area contributed by atoms with E-state index in [0.29, 0.717) is 17.6 Å². The largest absolute Gasteiger partial charge is 0.461 e. The van der Waals surface area contributed by atoms with E-state index in [2.05, 4.69) is 4.72 Å². The zero-order valence-corrected chi connectivity index (χ0v) is 16.9. The Morgan fingerprint density at radius 1 is 1.10 bits per heavy atom. The summed E-state index contributed by atoms with van der Waals surface area (Å²) >= 11 is 0. The van der Waals surface area contributed by atoms with Gasteiger partial charge in [0.2, 0.25) is 10.0 Å². The maximum absolute atomic E-state index is 12.1. The van der Waals surface area contributed by atoms with Crippen molar-refractivity contribution in [2.75, 3.05) is 7.05 Å². The minimum Gasteiger partial charge on any atom is -0.461 e. The van der Waals surface area contributed by atoms with Crippen LogP contribution in [0.1, 0.15) is 23.1 Å². The Morgan fingerprint density at radius 2 is 1.83 bits per heavy atom. The van der Waals surface area contributed by atoms with Gasteiger partial charge in [0.15, 0.2) is 0 Å². The number of ether oxygens (including phenoxy) is 1. The molecule has 7 nitrogen and oxygen atoms in total. The highest BCUT2D eigenvalue weighted by Crippen LogP contribution is 2.19. The molecule has 2 aromatic carbocycles. The number of esters is 1. The fourth-order valence-electron chi connectivity index (χ4n) is 2.89. The lowest BCUT2D eigenvalue weighted by Crippen LogP contribution is -2.18. The van der Waals surface area contributed by atoms with Crippen LogP contribution in [0.15, 0.2) is 62.6 Å². The predicted octanol–water partition coefficient (Wildman–Crippen LogP) is 2.69. The number of aryl methyl sites for hydroxylation is 2. The fraction of sp³-hybridized carbons (Fsp3) is 0.238. The molecule has 0 saturated heterocycles. The van der Waals surface area contributed by atoms with E-state index in [1.165, 1.54) is 25.2 Å². The molecule has 0 atom stereocenters. The summed E-state index contributed by atoms with van der Waals surface area (Å²) in [6.45, 7) is 1.87. The first-order chi connectivity index (χ1) is 13.8. The van der Waals surface area contributed by atoms with Crippen LogP contribution in [0.3, 0.4) is 0 Å². The molecule has 0 saturated carbocycles. The van der Waals surface area contributed by atoms with Crippen molar-refractivity contribution in [2.24, 2.45) is 0 Å². The number of carbonyl (C=O) groups is 1. The van der Waals surface area contributed by atoms with Crippen molar-refractivity contribution in [3.63, 3.8) is 0 Å². The molecule has 152 valence electrons. The molecule has 3 aromatic rings. The molecule has 1 heterocycles. The summed E-state index contributed by atoms with van der Waals surface area (Å²) in [4.78, 5) is 24.0. The van der Waals surface area contributed by atoms with E-state index in [0.717, 1.165) is 16.5 Å². The van der Waals surface area contributed by atoms with Gasteiger partial charge in [0.25, 0.3) is 0 Å². The molecule has 1 aromatic heterocycles. The molecule has 29 heavy (non-hydrogen) atoms. The average molecular weight is 415 g/mol. The molecule has 0 amide bonds. The number of carbonyl (C=O) groups excluding carboxylic acids is 1. The molecule has 0 fully saturated rings. The number of nitrogens with one attached hydrogen (secondary N) is 1. The van der Waals surface area contributed by atoms with E-state index < -0.39 is 21.6 Å². The van der Waals surface area contributed by atoms with Crippen molar-refractivity contribution in [3.05, 3.63) is 75.6 Å². The minimum absolute atomic E-state index is 0.0245. The third kappa shape index (κ3) is 5.10. The van der Waals surface area contributed by atoms with Gasteiger partial charge in [-0.1, -0.05) is 24.3 Å². The van der Waals surface area contributed by atoms with E-state index in [1.54, 1.807) is 18.2 Å². The van der Waals surface area contributed by atoms with E-state index >= 15 is 0 Å². The smallest absolute Gasteiger partial charge is 0.336 e. The fourth-order valence-corrected chi connectivity index (χ4v) is 3.62. The molecule has 0 radical (unpaired) electrons. The summed E-state index contributed by atoms with van der Waals surface area (Å²) in [5.41, 5.74) is 2.33. The van der Waals surface area contributed by atoms with Gasteiger partial charge in [-0.15, -0.1) is 0 Å². The van der Waals surface area contributed by atoms with E-state index in [9.17, 15) is 18.0 Å². The Hall–Kier alpha value is -2.97. The van der Waals surface area contributed by atoms with Crippen LogP contribution in [0.2, 0.25) is 0 Å². The van der Waals surface area contributed by atoms with Crippen molar-refractivity contribution >= 4 is 27.0 Å². The molecule has 0 aliphatic carbocycles. The van der Waals surface area contributed by atoms with Crippen molar-refractivity contribution < 1.29 is 22.4 Å². The predicted molar refractivity (Wildman–Crippen MR) is 108 cm³/mol. The van der Waals surface area contributed by atoms with Crippen LogP contribution in [0, 0.1) is 6.92 Å². The molecular formula is C21H21NO6S. The third-order valence-electron chi connectivity index (χ3n) is 4.49. The summed E-state index contributed by atoms with van der Waals surface area (Å²) in [6.07, 6.45) is 0.548. The third-order valence-corrected chi connectivity index (χ3v) is 5.92. The molecule has 3 rings (SSSR count). The van der Waals surface area contributed by atoms with Gasteiger partial charge >= 0.3 is 11.6 Å². The van der Waals surface area contributed by atoms with Crippen LogP contribution in [0.5, 0.6) is 0 Å². The topological polar surface area (TPSA) is 103 Å². The van der Waals surface area contributed by atoms with E-state index in [4.69, 9.17) is 9.15 Å². The summed E-state index contributed by atoms with van der Waals surface area (Å²) in [6, 6.07) is 13.1. The lowest BCUT2D eigenvalue weighted by molar-refractivity contribution is -0.144. The van der Waals surface area contributed by atoms with Crippen LogP contribution in [0.4, 0.5) is 0 Å². The van der Waals surface area contributed by atoms with E-state index in [1.807, 2.05) is 19.1 Å². The Bertz CT molecular complexity index is 1200. The van der Waals surface area contributed by atoms with Crippen molar-refractivity contribution in [2.45, 2.75) is 31.3 Å². The highest BCUT2D eigenvalue weighted by Gasteiger charge is 2.12. The second-order valence-electron chi connectivity index (χ2n) is 6.60. The number of hydrogen-bond donors (Lipinski definition) is 1. The maximum atomic E-state index is 12.1. The van der Waals surface area contributed by atoms with Crippen LogP contribution in [0.25, 0.3) is 11.0 Å². The highest BCUT2D eigenvalue weighted by molar-refractivity contribution is 7.89. The molecule has 1 N–H and O–H groups in total. The van der Waals surface area contributed by atoms with Gasteiger partial charge in [-0.05, 0) is 49.7 Å². The lowest BCUT2D eigenvalue weighted by Gasteiger charge is -2.08. The van der Waals surface area contributed by atoms with Gasteiger partial charge in [-0.25, -0.2) is 17.9 Å². The zero-order valence-electron chi connectivity index (χ0n) is 16.1. The number of sulfonamides is 1. The Balaban J connectivity index is 1.61. The van der Waals surface area contributed by atoms with Gasteiger partial charge in [0, 0.05) is 23.4 Å². The first-order valence-electron chi connectivity index (χ1n) is 9.00. The number of benzene rings is 2. The molecule has 0 unspecified atom stereocenters. The second-order valence-corrected chi connectivity index (χ2v) is 8.49. The van der Waals surface area contributed by atoms with Crippen molar-refractivity contribution in [1.82, 2.24) is 4.72 Å². The quantitative estimate of drug-likeness (QED) is 0.470. The normalized spacial score (nSPS) is 11.5. The maximum Gasteiger partial charge on any atom is 0.336 e. The first kappa shape index (κ1) is 20.8. The summed E-state index contributed by atoms with van der Waals surface area (Å²) in [7, 11) is -2.14. The Kier molecular flexibility index (Phi) is 6.14. The monoisotopic (exact) mass is 415 g/mol. The minimum atomic E-state index is -3.48. The SMILES string of the molecule is CNS(=O)(=O)c1ccc(CCC(=O)OCc2cc(=O)oc3cc(C)ccc23)cc1. The molecular weight excluding hydrogens is 394 g/mol. The van der Waals surface area contributed by atoms with Gasteiger partial charge in [-0.2, -0.15) is 0 Å². The average Bonchev–Trinajstić information content (AvgIpc) is 2.70. The second kappa shape index (κ2) is 8.59. The first-order valence-corrected chi connectivity index (χ1v) is 10.5. The lowest BCUT2D eigenvalue weighted by atomic mass is 10.1. The van der Waals surface area contributed by atoms with Gasteiger partial charge in [0.1, 0.15) is 12.2 Å². The van der Waals surface area contributed by atoms with Crippen LogP contribution in [-0.2, 0) is 32.6 Å². The van der Waals surface area contributed by atoms with Crippen LogP contribution < -0.4 is 10.3 Å². The van der Waals surface area contributed by atoms with Gasteiger partial charge < -0.3 is 9.15 Å². The summed E-state index contributed by atoms with van der Waals surface area (Å²) in [5.74, 6) is -0.412. The number of rotatable bonds is 7. The highest BCUT2D eigenvalue weighted by atomic mass is 32.2. The Morgan fingerprint density at radius 3 is 2.52 bits per heavy atom. The number of hydrogen-bond acceptors (Lipinski definition) is 6. The van der Waals surface area contributed by atoms with Gasteiger partial charge in [0.05, 0.1) is 4.90 Å². The molecule has 0 aliphatic rings. The zero-order chi connectivity index (χ0) is 21.0. The number of fused-ring (bicyclic) bond motifs is 1. The van der Waals surface area contributed by atoms with Crippen LogP contribution >= 0.6 is 0 Å². The van der Waals surface area contributed by atoms with Crippen LogP contribution in [-0.4, -0.2) is 21.4 Å². The van der Waals surface area contributed by atoms with E-state index in [-0.39, 0.29) is 17.9 Å². The molecule has 0 bridgehead atoms. The van der Waals surface area contributed by atoms with Gasteiger partial charge in [-0.3, -0.25) is 4.79 Å². The summed E-state index contributed by atoms with van der Waals surface area (Å²) < 4.78 is 36.2. The van der Waals surface area contributed by atoms with Crippen molar-refractivity contribution in [3.8, 4) is 0 Å². The summed E-state index contributed by atoms with van der Waals surface area (Å²) in [5, 5.41) is 0.726. The van der Waals surface area contributed by atoms with Crippen molar-refractivity contribution in [1.29, 1.82) is 0 Å². The molecule has 8 heteroatoms.